The van der Waals surface area contributed by atoms with Crippen LogP contribution in [-0.2, 0) is 9.53 Å². The third-order valence-corrected chi connectivity index (χ3v) is 0.235. The summed E-state index contributed by atoms with van der Waals surface area (Å²) >= 11 is 0. The van der Waals surface area contributed by atoms with Gasteiger partial charge in [-0.3, -0.25) is 4.79 Å². The summed E-state index contributed by atoms with van der Waals surface area (Å²) in [6.45, 7) is 2.66. The van der Waals surface area contributed by atoms with Crippen LogP contribution in [0.2, 0.25) is 0 Å². The van der Waals surface area contributed by atoms with Gasteiger partial charge in [0.2, 0.25) is 0 Å². The molecule has 0 unspecified atom stereocenters. The predicted molar refractivity (Wildman–Crippen MR) is 17.7 cm³/mol. The molecule has 0 aliphatic carbocycles. The van der Waals surface area contributed by atoms with Gasteiger partial charge in [-0.15, -0.1) is 0 Å². The van der Waals surface area contributed by atoms with E-state index in [9.17, 15) is 4.79 Å². The molecule has 0 aliphatic heterocycles. The molecule has 0 aromatic rings. The Bertz CT molecular complexity index is 30.0. The van der Waals surface area contributed by atoms with Crippen molar-refractivity contribution in [2.45, 2.75) is 6.92 Å². The fraction of sp³-hybridized carbons (Fsp3) is 0.667. The Morgan fingerprint density at radius 2 is 2.33 bits per heavy atom. The fourth-order valence-corrected chi connectivity index (χ4v) is 0.0680. The number of hydrogen-bond donors (Lipinski definition) is 0. The van der Waals surface area contributed by atoms with E-state index in [1.54, 1.807) is 6.92 Å². The lowest BCUT2D eigenvalue weighted by Gasteiger charge is -1.79. The van der Waals surface area contributed by atoms with Gasteiger partial charge in [0.1, 0.15) is 0 Å². The molecule has 0 rings (SSSR count). The molecule has 0 amide bonds. The molecule has 0 saturated carbocycles. The van der Waals surface area contributed by atoms with Crippen LogP contribution in [0.5, 0.6) is 0 Å². The van der Waals surface area contributed by atoms with Crippen LogP contribution in [-0.4, -0.2) is 13.1 Å². The molecule has 0 aromatic carbocycles. The fourth-order valence-electron chi connectivity index (χ4n) is 0.0680. The minimum absolute atomic E-state index is 0. The van der Waals surface area contributed by atoms with E-state index in [4.69, 9.17) is 0 Å². The van der Waals surface area contributed by atoms with Gasteiger partial charge in [0.25, 0.3) is 6.47 Å². The molecular weight excluding hydrogens is 148 g/mol. The summed E-state index contributed by atoms with van der Waals surface area (Å²) in [5.41, 5.74) is 0. The van der Waals surface area contributed by atoms with E-state index < -0.39 is 0 Å². The number of carbonyl (C=O) groups is 1. The molecule has 0 radical (unpaired) electrons. The Morgan fingerprint density at radius 1 is 1.83 bits per heavy atom. The molecular formula is C3H6BrO2-. The first-order chi connectivity index (χ1) is 2.41. The summed E-state index contributed by atoms with van der Waals surface area (Å²) in [4.78, 5) is 9.18. The van der Waals surface area contributed by atoms with Crippen molar-refractivity contribution in [1.82, 2.24) is 0 Å². The van der Waals surface area contributed by atoms with E-state index in [0.717, 1.165) is 0 Å². The highest BCUT2D eigenvalue weighted by Crippen LogP contribution is 1.55. The first-order valence-electron chi connectivity index (χ1n) is 1.47. The van der Waals surface area contributed by atoms with Crippen molar-refractivity contribution in [2.75, 3.05) is 6.61 Å². The molecule has 0 fully saturated rings. The number of ether oxygens (including phenoxy) is 1. The molecule has 0 saturated heterocycles. The molecule has 0 N–H and O–H groups in total. The van der Waals surface area contributed by atoms with Gasteiger partial charge in [0.05, 0.1) is 6.61 Å². The maximum atomic E-state index is 9.18. The Morgan fingerprint density at radius 3 is 2.33 bits per heavy atom. The van der Waals surface area contributed by atoms with Gasteiger partial charge in [0, 0.05) is 0 Å². The summed E-state index contributed by atoms with van der Waals surface area (Å²) in [7, 11) is 0. The summed E-state index contributed by atoms with van der Waals surface area (Å²) < 4.78 is 4.15. The predicted octanol–water partition coefficient (Wildman–Crippen LogP) is -2.82. The van der Waals surface area contributed by atoms with Gasteiger partial charge in [0.15, 0.2) is 0 Å². The van der Waals surface area contributed by atoms with Gasteiger partial charge in [-0.25, -0.2) is 0 Å². The largest absolute Gasteiger partial charge is 1.00 e. The van der Waals surface area contributed by atoms with Crippen molar-refractivity contribution in [2.24, 2.45) is 0 Å². The van der Waals surface area contributed by atoms with E-state index in [2.05, 4.69) is 4.74 Å². The number of rotatable bonds is 2. The third-order valence-electron chi connectivity index (χ3n) is 0.235. The topological polar surface area (TPSA) is 26.3 Å². The molecule has 3 heteroatoms. The highest BCUT2D eigenvalue weighted by atomic mass is 79.9. The molecule has 6 heavy (non-hydrogen) atoms. The zero-order valence-electron chi connectivity index (χ0n) is 3.48. The third kappa shape index (κ3) is 9.04. The molecule has 2 nitrogen and oxygen atoms in total. The normalized spacial score (nSPS) is 5.50. The van der Waals surface area contributed by atoms with Crippen LogP contribution >= 0.6 is 0 Å². The second kappa shape index (κ2) is 8.87. The van der Waals surface area contributed by atoms with Crippen molar-refractivity contribution in [3.63, 3.8) is 0 Å². The van der Waals surface area contributed by atoms with Crippen molar-refractivity contribution in [3.8, 4) is 0 Å². The smallest absolute Gasteiger partial charge is 0.293 e. The molecule has 0 atom stereocenters. The highest BCUT2D eigenvalue weighted by molar-refractivity contribution is 5.36. The zero-order valence-corrected chi connectivity index (χ0v) is 5.06. The lowest BCUT2D eigenvalue weighted by Crippen LogP contribution is -3.00. The number of halogens is 1. The number of hydrogen-bond acceptors (Lipinski definition) is 2. The molecule has 0 heterocycles. The SMILES string of the molecule is CCOC=O.[Br-]. The van der Waals surface area contributed by atoms with Crippen LogP contribution in [0.15, 0.2) is 0 Å². The molecule has 0 aromatic heterocycles. The Hall–Kier alpha value is -0.0500. The Kier molecular flexibility index (Phi) is 13.8. The first kappa shape index (κ1) is 9.34. The Labute approximate surface area is 47.3 Å². The first-order valence-corrected chi connectivity index (χ1v) is 1.47. The van der Waals surface area contributed by atoms with E-state index in [1.807, 2.05) is 0 Å². The maximum Gasteiger partial charge on any atom is 0.293 e. The second-order valence-corrected chi connectivity index (χ2v) is 0.552. The summed E-state index contributed by atoms with van der Waals surface area (Å²) in [6, 6.07) is 0. The van der Waals surface area contributed by atoms with Crippen molar-refractivity contribution >= 4 is 6.47 Å². The maximum absolute atomic E-state index is 9.18. The summed E-state index contributed by atoms with van der Waals surface area (Å²) in [6.07, 6.45) is 0. The molecule has 0 aliphatic rings. The van der Waals surface area contributed by atoms with Crippen LogP contribution in [0.3, 0.4) is 0 Å². The molecule has 38 valence electrons. The molecule has 0 bridgehead atoms. The second-order valence-electron chi connectivity index (χ2n) is 0.552. The van der Waals surface area contributed by atoms with Crippen molar-refractivity contribution < 1.29 is 26.5 Å². The van der Waals surface area contributed by atoms with E-state index in [-0.39, 0.29) is 17.0 Å². The van der Waals surface area contributed by atoms with Crippen molar-refractivity contribution in [1.29, 1.82) is 0 Å². The molecule has 0 spiro atoms. The monoisotopic (exact) mass is 153 g/mol. The Balaban J connectivity index is 0. The lowest BCUT2D eigenvalue weighted by atomic mass is 10.9. The summed E-state index contributed by atoms with van der Waals surface area (Å²) in [5, 5.41) is 0. The van der Waals surface area contributed by atoms with E-state index in [1.165, 1.54) is 0 Å². The van der Waals surface area contributed by atoms with Gasteiger partial charge >= 0.3 is 0 Å². The summed E-state index contributed by atoms with van der Waals surface area (Å²) in [5.74, 6) is 0. The van der Waals surface area contributed by atoms with Crippen LogP contribution in [0.1, 0.15) is 6.92 Å². The average molecular weight is 154 g/mol. The van der Waals surface area contributed by atoms with Crippen LogP contribution in [0.25, 0.3) is 0 Å². The van der Waals surface area contributed by atoms with Gasteiger partial charge in [-0.2, -0.15) is 0 Å². The minimum Gasteiger partial charge on any atom is -1.00 e. The highest BCUT2D eigenvalue weighted by Gasteiger charge is 1.60. The quantitative estimate of drug-likeness (QED) is 0.401. The number of carbonyl (C=O) groups excluding carboxylic acids is 1. The van der Waals surface area contributed by atoms with Crippen LogP contribution < -0.4 is 17.0 Å². The van der Waals surface area contributed by atoms with E-state index in [0.29, 0.717) is 13.1 Å². The van der Waals surface area contributed by atoms with Gasteiger partial charge in [-0.05, 0) is 6.92 Å². The van der Waals surface area contributed by atoms with E-state index >= 15 is 0 Å². The van der Waals surface area contributed by atoms with Gasteiger partial charge in [-0.1, -0.05) is 0 Å². The standard InChI is InChI=1S/C3H6O2.BrH/c1-2-5-3-4;/h3H,2H2,1H3;1H/p-1. The van der Waals surface area contributed by atoms with Gasteiger partial charge < -0.3 is 21.7 Å². The minimum atomic E-state index is 0. The lowest BCUT2D eigenvalue weighted by molar-refractivity contribution is -0.128. The van der Waals surface area contributed by atoms with Crippen LogP contribution in [0, 0.1) is 0 Å². The zero-order chi connectivity index (χ0) is 4.12. The average Bonchev–Trinajstić information content (AvgIpc) is 1.41. The van der Waals surface area contributed by atoms with Crippen LogP contribution in [0.4, 0.5) is 0 Å². The van der Waals surface area contributed by atoms with Crippen molar-refractivity contribution in [3.05, 3.63) is 0 Å².